The van der Waals surface area contributed by atoms with Crippen molar-refractivity contribution in [2.45, 2.75) is 15.0 Å². The quantitative estimate of drug-likeness (QED) is 0.641. The summed E-state index contributed by atoms with van der Waals surface area (Å²) in [5, 5.41) is 9.10. The van der Waals surface area contributed by atoms with Gasteiger partial charge in [0.15, 0.2) is 6.29 Å². The van der Waals surface area contributed by atoms with E-state index in [1.54, 1.807) is 34.9 Å². The van der Waals surface area contributed by atoms with Crippen LogP contribution < -0.4 is 0 Å². The number of aliphatic hydroxyl groups is 1. The molecular weight excluding hydrogens is 224 g/mol. The molecule has 0 atom stereocenters. The Morgan fingerprint density at radius 1 is 1.38 bits per heavy atom. The molecule has 72 valence electrons. The van der Waals surface area contributed by atoms with Crippen molar-refractivity contribution in [3.63, 3.8) is 0 Å². The fourth-order valence-corrected chi connectivity index (χ4v) is 3.90. The lowest BCUT2D eigenvalue weighted by molar-refractivity contribution is 0.111. The van der Waals surface area contributed by atoms with E-state index < -0.39 is 0 Å². The number of aliphatic hydroxyl groups excluding tert-OH is 1. The number of thioether (sulfide) groups is 2. The Labute approximate surface area is 89.7 Å². The van der Waals surface area contributed by atoms with Gasteiger partial charge >= 0.3 is 0 Å². The standard InChI is InChI=1S/C8H10O2S3/c1-11-7-5(3-9)6(4-10)8(12-2)13-7/h3,10H,4H2,1-2H3. The summed E-state index contributed by atoms with van der Waals surface area (Å²) < 4.78 is 2.03. The summed E-state index contributed by atoms with van der Waals surface area (Å²) in [6.45, 7) is -0.0543. The molecule has 1 aromatic heterocycles. The highest BCUT2D eigenvalue weighted by molar-refractivity contribution is 8.02. The van der Waals surface area contributed by atoms with Gasteiger partial charge in [-0.15, -0.1) is 34.9 Å². The second-order valence-electron chi connectivity index (χ2n) is 2.25. The van der Waals surface area contributed by atoms with Crippen LogP contribution in [0.5, 0.6) is 0 Å². The van der Waals surface area contributed by atoms with E-state index in [0.717, 1.165) is 20.3 Å². The monoisotopic (exact) mass is 234 g/mol. The predicted octanol–water partition coefficient (Wildman–Crippen LogP) is 2.50. The lowest BCUT2D eigenvalue weighted by atomic mass is 10.2. The van der Waals surface area contributed by atoms with Gasteiger partial charge in [-0.1, -0.05) is 0 Å². The van der Waals surface area contributed by atoms with Crippen molar-refractivity contribution in [3.05, 3.63) is 11.1 Å². The van der Waals surface area contributed by atoms with Crippen molar-refractivity contribution in [2.75, 3.05) is 12.5 Å². The molecule has 0 aliphatic rings. The van der Waals surface area contributed by atoms with Gasteiger partial charge in [-0.25, -0.2) is 0 Å². The second-order valence-corrected chi connectivity index (χ2v) is 5.42. The highest BCUT2D eigenvalue weighted by Crippen LogP contribution is 2.38. The SMILES string of the molecule is CSc1sc(SC)c(CO)c1C=O. The van der Waals surface area contributed by atoms with Crippen LogP contribution >= 0.6 is 34.9 Å². The smallest absolute Gasteiger partial charge is 0.152 e. The largest absolute Gasteiger partial charge is 0.392 e. The zero-order chi connectivity index (χ0) is 9.84. The first-order valence-corrected chi connectivity index (χ1v) is 6.84. The molecular formula is C8H10O2S3. The molecule has 2 nitrogen and oxygen atoms in total. The normalized spacial score (nSPS) is 10.4. The minimum absolute atomic E-state index is 0.0543. The summed E-state index contributed by atoms with van der Waals surface area (Å²) in [5.41, 5.74) is 1.43. The molecule has 0 radical (unpaired) electrons. The molecule has 13 heavy (non-hydrogen) atoms. The van der Waals surface area contributed by atoms with Gasteiger partial charge in [-0.3, -0.25) is 4.79 Å². The molecule has 0 saturated carbocycles. The van der Waals surface area contributed by atoms with E-state index in [1.807, 2.05) is 12.5 Å². The summed E-state index contributed by atoms with van der Waals surface area (Å²) >= 11 is 4.69. The summed E-state index contributed by atoms with van der Waals surface area (Å²) in [7, 11) is 0. The maximum absolute atomic E-state index is 10.8. The molecule has 0 aliphatic carbocycles. The van der Waals surface area contributed by atoms with Crippen LogP contribution in [0.1, 0.15) is 15.9 Å². The molecule has 0 fully saturated rings. The maximum atomic E-state index is 10.8. The third-order valence-electron chi connectivity index (χ3n) is 1.62. The summed E-state index contributed by atoms with van der Waals surface area (Å²) in [6.07, 6.45) is 4.71. The van der Waals surface area contributed by atoms with Gasteiger partial charge in [-0.2, -0.15) is 0 Å². The van der Waals surface area contributed by atoms with E-state index in [9.17, 15) is 4.79 Å². The number of carbonyl (C=O) groups excluding carboxylic acids is 1. The van der Waals surface area contributed by atoms with Gasteiger partial charge < -0.3 is 5.11 Å². The van der Waals surface area contributed by atoms with Gasteiger partial charge in [-0.05, 0) is 12.5 Å². The Balaban J connectivity index is 3.25. The Hall–Kier alpha value is 0.0300. The van der Waals surface area contributed by atoms with E-state index >= 15 is 0 Å². The van der Waals surface area contributed by atoms with Crippen LogP contribution in [-0.4, -0.2) is 23.9 Å². The van der Waals surface area contributed by atoms with Gasteiger partial charge in [0.25, 0.3) is 0 Å². The first-order valence-electron chi connectivity index (χ1n) is 3.58. The van der Waals surface area contributed by atoms with Gasteiger partial charge in [0.2, 0.25) is 0 Å². The van der Waals surface area contributed by atoms with E-state index in [0.29, 0.717) is 5.56 Å². The van der Waals surface area contributed by atoms with E-state index in [2.05, 4.69) is 0 Å². The molecule has 0 unspecified atom stereocenters. The first-order chi connectivity index (χ1) is 6.28. The molecule has 0 saturated heterocycles. The average Bonchev–Trinajstić information content (AvgIpc) is 2.54. The molecule has 0 spiro atoms. The third kappa shape index (κ3) is 2.10. The number of hydrogen-bond donors (Lipinski definition) is 1. The molecule has 1 N–H and O–H groups in total. The van der Waals surface area contributed by atoms with Crippen LogP contribution in [0.15, 0.2) is 8.42 Å². The summed E-state index contributed by atoms with van der Waals surface area (Å²) in [4.78, 5) is 10.8. The van der Waals surface area contributed by atoms with Gasteiger partial charge in [0.05, 0.1) is 15.0 Å². The number of thiophene rings is 1. The third-order valence-corrected chi connectivity index (χ3v) is 5.17. The van der Waals surface area contributed by atoms with Crippen LogP contribution in [0.4, 0.5) is 0 Å². The average molecular weight is 234 g/mol. The Kier molecular flexibility index (Phi) is 4.31. The maximum Gasteiger partial charge on any atom is 0.152 e. The molecule has 1 heterocycles. The highest BCUT2D eigenvalue weighted by Gasteiger charge is 2.15. The molecule has 1 aromatic rings. The van der Waals surface area contributed by atoms with Crippen molar-refractivity contribution >= 4 is 41.1 Å². The fraction of sp³-hybridized carbons (Fsp3) is 0.375. The molecule has 0 amide bonds. The lowest BCUT2D eigenvalue weighted by Crippen LogP contribution is -1.89. The van der Waals surface area contributed by atoms with E-state index in [1.165, 1.54) is 0 Å². The topological polar surface area (TPSA) is 37.3 Å². The molecule has 0 aromatic carbocycles. The molecule has 0 bridgehead atoms. The summed E-state index contributed by atoms with van der Waals surface area (Å²) in [5.74, 6) is 0. The fourth-order valence-electron chi connectivity index (χ4n) is 1.02. The zero-order valence-corrected chi connectivity index (χ0v) is 9.81. The Bertz CT molecular complexity index is 307. The lowest BCUT2D eigenvalue weighted by Gasteiger charge is -1.96. The van der Waals surface area contributed by atoms with Crippen LogP contribution in [0, 0.1) is 0 Å². The predicted molar refractivity (Wildman–Crippen MR) is 59.2 cm³/mol. The second kappa shape index (κ2) is 5.05. The minimum atomic E-state index is -0.0543. The van der Waals surface area contributed by atoms with Crippen LogP contribution in [0.3, 0.4) is 0 Å². The highest BCUT2D eigenvalue weighted by atomic mass is 32.2. The van der Waals surface area contributed by atoms with Gasteiger partial charge in [0.1, 0.15) is 0 Å². The minimum Gasteiger partial charge on any atom is -0.392 e. The Morgan fingerprint density at radius 3 is 2.38 bits per heavy atom. The first kappa shape index (κ1) is 11.1. The van der Waals surface area contributed by atoms with Gasteiger partial charge in [0, 0.05) is 11.1 Å². The molecule has 1 rings (SSSR count). The Morgan fingerprint density at radius 2 is 2.00 bits per heavy atom. The molecule has 5 heteroatoms. The van der Waals surface area contributed by atoms with Crippen molar-refractivity contribution in [2.24, 2.45) is 0 Å². The van der Waals surface area contributed by atoms with Crippen LogP contribution in [0.2, 0.25) is 0 Å². The van der Waals surface area contributed by atoms with Crippen molar-refractivity contribution in [1.82, 2.24) is 0 Å². The summed E-state index contributed by atoms with van der Waals surface area (Å²) in [6, 6.07) is 0. The number of carbonyl (C=O) groups is 1. The van der Waals surface area contributed by atoms with Crippen molar-refractivity contribution in [3.8, 4) is 0 Å². The van der Waals surface area contributed by atoms with Crippen molar-refractivity contribution < 1.29 is 9.90 Å². The number of aldehydes is 1. The van der Waals surface area contributed by atoms with Crippen molar-refractivity contribution in [1.29, 1.82) is 0 Å². The van der Waals surface area contributed by atoms with E-state index in [-0.39, 0.29) is 6.61 Å². The van der Waals surface area contributed by atoms with Crippen LogP contribution in [-0.2, 0) is 6.61 Å². The van der Waals surface area contributed by atoms with Crippen LogP contribution in [0.25, 0.3) is 0 Å². The molecule has 0 aliphatic heterocycles. The zero-order valence-electron chi connectivity index (χ0n) is 7.36. The number of rotatable bonds is 4. The number of hydrogen-bond acceptors (Lipinski definition) is 5. The van der Waals surface area contributed by atoms with E-state index in [4.69, 9.17) is 5.11 Å².